The summed E-state index contributed by atoms with van der Waals surface area (Å²) in [5.74, 6) is -2.09. The Morgan fingerprint density at radius 1 is 0.971 bits per heavy atom. The minimum atomic E-state index is -0.815. The largest absolute Gasteiger partial charge is 0.298 e. The molecule has 5 nitrogen and oxygen atoms in total. The van der Waals surface area contributed by atoms with Crippen LogP contribution in [-0.4, -0.2) is 20.7 Å². The Morgan fingerprint density at radius 3 is 2.47 bits per heavy atom. The molecule has 0 radical (unpaired) electrons. The van der Waals surface area contributed by atoms with Gasteiger partial charge in [0.25, 0.3) is 5.91 Å². The monoisotopic (exact) mass is 534 g/mol. The molecule has 0 unspecified atom stereocenters. The Bertz CT molecular complexity index is 1570. The summed E-state index contributed by atoms with van der Waals surface area (Å²) in [4.78, 5) is 16.5. The highest BCUT2D eigenvalue weighted by Crippen LogP contribution is 2.36. The topological polar surface area (TPSA) is 59.8 Å². The van der Waals surface area contributed by atoms with Crippen molar-refractivity contribution in [3.63, 3.8) is 0 Å². The molecule has 0 fully saturated rings. The van der Waals surface area contributed by atoms with E-state index in [9.17, 15) is 9.18 Å². The van der Waals surface area contributed by atoms with Gasteiger partial charge in [-0.05, 0) is 42.5 Å². The molecular formula is C23H11Cl3F2N4OS. The molecular weight excluding hydrogens is 525 g/mol. The van der Waals surface area contributed by atoms with E-state index in [2.05, 4.69) is 15.4 Å². The zero-order valence-corrected chi connectivity index (χ0v) is 19.9. The van der Waals surface area contributed by atoms with Crippen molar-refractivity contribution in [1.82, 2.24) is 14.8 Å². The average molecular weight is 536 g/mol. The summed E-state index contributed by atoms with van der Waals surface area (Å²) < 4.78 is 31.1. The summed E-state index contributed by atoms with van der Waals surface area (Å²) in [5.41, 5.74) is 0.876. The first kappa shape index (κ1) is 22.7. The molecule has 1 N–H and O–H groups in total. The Labute approximate surface area is 210 Å². The highest BCUT2D eigenvalue weighted by atomic mass is 35.5. The molecule has 0 spiro atoms. The molecule has 11 heteroatoms. The van der Waals surface area contributed by atoms with E-state index in [-0.39, 0.29) is 32.6 Å². The van der Waals surface area contributed by atoms with Crippen LogP contribution in [-0.2, 0) is 0 Å². The summed E-state index contributed by atoms with van der Waals surface area (Å²) in [6, 6.07) is 11.4. The smallest absolute Gasteiger partial charge is 0.260 e. The number of fused-ring (bicyclic) bond motifs is 1. The fourth-order valence-corrected chi connectivity index (χ4v) is 4.58. The molecule has 0 aliphatic heterocycles. The second-order valence-electron chi connectivity index (χ2n) is 7.12. The molecule has 0 atom stereocenters. The van der Waals surface area contributed by atoms with Crippen molar-refractivity contribution in [2.45, 2.75) is 0 Å². The van der Waals surface area contributed by atoms with Crippen molar-refractivity contribution < 1.29 is 13.6 Å². The maximum Gasteiger partial charge on any atom is 0.260 e. The van der Waals surface area contributed by atoms with Crippen LogP contribution in [0.5, 0.6) is 0 Å². The van der Waals surface area contributed by atoms with E-state index >= 15 is 4.39 Å². The van der Waals surface area contributed by atoms with Crippen LogP contribution in [0.1, 0.15) is 10.4 Å². The van der Waals surface area contributed by atoms with E-state index in [4.69, 9.17) is 34.8 Å². The van der Waals surface area contributed by atoms with E-state index in [0.717, 1.165) is 6.07 Å². The molecule has 0 aliphatic carbocycles. The van der Waals surface area contributed by atoms with Crippen molar-refractivity contribution in [1.29, 1.82) is 0 Å². The number of thiazole rings is 1. The molecule has 2 heterocycles. The van der Waals surface area contributed by atoms with Gasteiger partial charge >= 0.3 is 0 Å². The number of rotatable bonds is 4. The van der Waals surface area contributed by atoms with E-state index in [0.29, 0.717) is 21.1 Å². The molecule has 5 aromatic rings. The van der Waals surface area contributed by atoms with Crippen molar-refractivity contribution in [2.75, 3.05) is 5.32 Å². The Kier molecular flexibility index (Phi) is 5.99. The maximum atomic E-state index is 15.0. The number of anilines is 1. The van der Waals surface area contributed by atoms with Crippen LogP contribution in [0, 0.1) is 11.6 Å². The molecule has 0 aliphatic rings. The van der Waals surface area contributed by atoms with Crippen LogP contribution in [0.15, 0.2) is 60.1 Å². The van der Waals surface area contributed by atoms with Crippen LogP contribution in [0.4, 0.5) is 13.9 Å². The average Bonchev–Trinajstić information content (AvgIpc) is 3.43. The number of halogens is 5. The molecule has 170 valence electrons. The zero-order chi connectivity index (χ0) is 24.0. The second kappa shape index (κ2) is 8.96. The van der Waals surface area contributed by atoms with E-state index in [1.54, 1.807) is 23.6 Å². The van der Waals surface area contributed by atoms with Gasteiger partial charge in [-0.15, -0.1) is 11.3 Å². The van der Waals surface area contributed by atoms with Crippen molar-refractivity contribution >= 4 is 68.1 Å². The lowest BCUT2D eigenvalue weighted by Gasteiger charge is -2.10. The van der Waals surface area contributed by atoms with Gasteiger partial charge in [-0.25, -0.2) is 18.4 Å². The van der Waals surface area contributed by atoms with Crippen molar-refractivity contribution in [3.05, 3.63) is 92.4 Å². The summed E-state index contributed by atoms with van der Waals surface area (Å²) in [7, 11) is 0. The molecule has 0 saturated carbocycles. The third-order valence-corrected chi connectivity index (χ3v) is 6.45. The van der Waals surface area contributed by atoms with Crippen molar-refractivity contribution in [2.24, 2.45) is 0 Å². The molecule has 3 aromatic carbocycles. The lowest BCUT2D eigenvalue weighted by atomic mass is 10.1. The Hall–Kier alpha value is -3.04. The van der Waals surface area contributed by atoms with Gasteiger partial charge in [0.1, 0.15) is 17.3 Å². The number of nitrogens with one attached hydrogen (secondary N) is 1. The predicted octanol–water partition coefficient (Wildman–Crippen LogP) is 7.64. The summed E-state index contributed by atoms with van der Waals surface area (Å²) >= 11 is 19.7. The highest BCUT2D eigenvalue weighted by molar-refractivity contribution is 7.13. The Morgan fingerprint density at radius 2 is 1.74 bits per heavy atom. The molecule has 1 amide bonds. The number of hydrogen-bond donors (Lipinski definition) is 1. The van der Waals surface area contributed by atoms with Gasteiger partial charge < -0.3 is 0 Å². The van der Waals surface area contributed by atoms with Gasteiger partial charge in [-0.3, -0.25) is 10.1 Å². The molecule has 0 saturated heterocycles. The quantitative estimate of drug-likeness (QED) is 0.257. The molecule has 5 rings (SSSR count). The number of aromatic nitrogens is 3. The molecule has 2 aromatic heterocycles. The minimum Gasteiger partial charge on any atom is -0.298 e. The third-order valence-electron chi connectivity index (χ3n) is 4.99. The molecule has 34 heavy (non-hydrogen) atoms. The number of nitrogens with zero attached hydrogens (tertiary/aromatic N) is 3. The standard InChI is InChI=1S/C23H11Cl3F2N4OS/c24-11-2-4-19-15(7-11)21(13-3-1-12(25)8-17(13)27)31-32(19)20-10-18(28)14(9-16(20)26)22(33)30-23-29-5-6-34-23/h1-10H,(H,29,30,33). The van der Waals surface area contributed by atoms with E-state index in [1.165, 1.54) is 46.5 Å². The van der Waals surface area contributed by atoms with Gasteiger partial charge in [0.05, 0.1) is 21.8 Å². The van der Waals surface area contributed by atoms with Crippen LogP contribution in [0.3, 0.4) is 0 Å². The first-order valence-corrected chi connectivity index (χ1v) is 11.7. The second-order valence-corrected chi connectivity index (χ2v) is 9.30. The maximum absolute atomic E-state index is 15.0. The Balaban J connectivity index is 1.65. The van der Waals surface area contributed by atoms with Gasteiger partial charge in [0.15, 0.2) is 5.13 Å². The summed E-state index contributed by atoms with van der Waals surface area (Å²) in [6.07, 6.45) is 1.52. The zero-order valence-electron chi connectivity index (χ0n) is 16.8. The van der Waals surface area contributed by atoms with Crippen molar-refractivity contribution in [3.8, 4) is 16.9 Å². The lowest BCUT2D eigenvalue weighted by molar-refractivity contribution is 0.102. The van der Waals surface area contributed by atoms with Crippen LogP contribution < -0.4 is 5.32 Å². The predicted molar refractivity (Wildman–Crippen MR) is 132 cm³/mol. The van der Waals surface area contributed by atoms with Gasteiger partial charge in [0, 0.05) is 38.6 Å². The number of hydrogen-bond acceptors (Lipinski definition) is 4. The van der Waals surface area contributed by atoms with E-state index in [1.807, 2.05) is 0 Å². The minimum absolute atomic E-state index is 0.0631. The first-order valence-electron chi connectivity index (χ1n) is 9.66. The van der Waals surface area contributed by atoms with Gasteiger partial charge in [-0.2, -0.15) is 5.10 Å². The normalized spacial score (nSPS) is 11.2. The fraction of sp³-hybridized carbons (Fsp3) is 0. The van der Waals surface area contributed by atoms with Gasteiger partial charge in [0.2, 0.25) is 0 Å². The molecule has 0 bridgehead atoms. The number of amides is 1. The SMILES string of the molecule is O=C(Nc1nccs1)c1cc(Cl)c(-n2nc(-c3ccc(Cl)cc3F)c3cc(Cl)ccc32)cc1F. The first-order chi connectivity index (χ1) is 16.3. The van der Waals surface area contributed by atoms with Gasteiger partial charge in [-0.1, -0.05) is 34.8 Å². The highest BCUT2D eigenvalue weighted by Gasteiger charge is 2.22. The fourth-order valence-electron chi connectivity index (χ4n) is 3.48. The van der Waals surface area contributed by atoms with Crippen LogP contribution in [0.2, 0.25) is 15.1 Å². The number of carbonyl (C=O) groups is 1. The lowest BCUT2D eigenvalue weighted by Crippen LogP contribution is -2.14. The van der Waals surface area contributed by atoms with Crippen LogP contribution >= 0.6 is 46.1 Å². The summed E-state index contributed by atoms with van der Waals surface area (Å²) in [5, 5.41) is 10.3. The number of benzene rings is 3. The van der Waals surface area contributed by atoms with E-state index < -0.39 is 17.5 Å². The van der Waals surface area contributed by atoms with Crippen LogP contribution in [0.25, 0.3) is 27.8 Å². The summed E-state index contributed by atoms with van der Waals surface area (Å²) in [6.45, 7) is 0. The third kappa shape index (κ3) is 4.14. The number of carbonyl (C=O) groups excluding carboxylic acids is 1.